The van der Waals surface area contributed by atoms with Gasteiger partial charge in [-0.3, -0.25) is 4.79 Å². The Bertz CT molecular complexity index is 652. The summed E-state index contributed by atoms with van der Waals surface area (Å²) in [7, 11) is 0. The molecule has 0 saturated carbocycles. The van der Waals surface area contributed by atoms with Crippen molar-refractivity contribution in [2.24, 2.45) is 5.41 Å². The van der Waals surface area contributed by atoms with Crippen LogP contribution in [-0.2, 0) is 4.79 Å². The Kier molecular flexibility index (Phi) is 3.32. The van der Waals surface area contributed by atoms with Crippen LogP contribution in [0.1, 0.15) is 30.4 Å². The molecule has 0 aliphatic heterocycles. The molecule has 0 radical (unpaired) electrons. The van der Waals surface area contributed by atoms with Crippen LogP contribution in [0.2, 0.25) is 0 Å². The maximum atomic E-state index is 11.9. The number of hydrogen-bond donors (Lipinski definition) is 2. The molecule has 1 amide bonds. The highest BCUT2D eigenvalue weighted by molar-refractivity contribution is 7.20. The van der Waals surface area contributed by atoms with Crippen molar-refractivity contribution in [3.05, 3.63) is 29.1 Å². The molecule has 19 heavy (non-hydrogen) atoms. The number of hydrogen-bond acceptors (Lipinski definition) is 3. The zero-order valence-electron chi connectivity index (χ0n) is 11.0. The number of carboxylic acids is 1. The van der Waals surface area contributed by atoms with E-state index in [4.69, 9.17) is 5.11 Å². The average molecular weight is 277 g/mol. The molecule has 0 atom stereocenters. The normalized spacial score (nSPS) is 11.5. The number of benzene rings is 1. The van der Waals surface area contributed by atoms with E-state index in [0.717, 1.165) is 10.1 Å². The molecule has 4 nitrogen and oxygen atoms in total. The van der Waals surface area contributed by atoms with Crippen LogP contribution in [0, 0.1) is 5.41 Å². The molecule has 0 fully saturated rings. The van der Waals surface area contributed by atoms with Crippen LogP contribution in [0.25, 0.3) is 10.1 Å². The highest BCUT2D eigenvalue weighted by atomic mass is 32.1. The van der Waals surface area contributed by atoms with Gasteiger partial charge in [0.2, 0.25) is 5.91 Å². The lowest BCUT2D eigenvalue weighted by molar-refractivity contribution is -0.123. The molecule has 100 valence electrons. The van der Waals surface area contributed by atoms with Crippen molar-refractivity contribution >= 4 is 39.0 Å². The summed E-state index contributed by atoms with van der Waals surface area (Å²) in [5.74, 6) is -0.998. The third-order valence-electron chi connectivity index (χ3n) is 2.67. The SMILES string of the molecule is CC(C)(C)C(=O)Nc1ccc2sc(C(=O)O)cc2c1. The van der Waals surface area contributed by atoms with Crippen LogP contribution in [0.3, 0.4) is 0 Å². The Morgan fingerprint density at radius 3 is 2.47 bits per heavy atom. The Labute approximate surface area is 115 Å². The monoisotopic (exact) mass is 277 g/mol. The fourth-order valence-electron chi connectivity index (χ4n) is 1.55. The van der Waals surface area contributed by atoms with E-state index in [1.165, 1.54) is 11.3 Å². The van der Waals surface area contributed by atoms with Gasteiger partial charge in [0.1, 0.15) is 4.88 Å². The minimum atomic E-state index is -0.929. The van der Waals surface area contributed by atoms with Crippen molar-refractivity contribution in [1.82, 2.24) is 0 Å². The van der Waals surface area contributed by atoms with E-state index in [9.17, 15) is 9.59 Å². The zero-order chi connectivity index (χ0) is 14.2. The number of thiophene rings is 1. The van der Waals surface area contributed by atoms with Crippen LogP contribution in [0.5, 0.6) is 0 Å². The Balaban J connectivity index is 2.31. The largest absolute Gasteiger partial charge is 0.477 e. The molecule has 0 bridgehead atoms. The predicted octanol–water partition coefficient (Wildman–Crippen LogP) is 3.58. The first-order chi connectivity index (χ1) is 8.77. The number of rotatable bonds is 2. The summed E-state index contributed by atoms with van der Waals surface area (Å²) >= 11 is 1.23. The number of amides is 1. The van der Waals surface area contributed by atoms with Gasteiger partial charge in [-0.25, -0.2) is 4.79 Å². The number of aromatic carboxylic acids is 1. The Morgan fingerprint density at radius 1 is 1.21 bits per heavy atom. The highest BCUT2D eigenvalue weighted by Gasteiger charge is 2.21. The second kappa shape index (κ2) is 4.66. The van der Waals surface area contributed by atoms with Crippen LogP contribution in [0.15, 0.2) is 24.3 Å². The molecule has 2 N–H and O–H groups in total. The second-order valence-electron chi connectivity index (χ2n) is 5.37. The van der Waals surface area contributed by atoms with Gasteiger partial charge in [0.25, 0.3) is 0 Å². The maximum absolute atomic E-state index is 11.9. The van der Waals surface area contributed by atoms with E-state index < -0.39 is 11.4 Å². The molecule has 0 aliphatic carbocycles. The molecule has 2 rings (SSSR count). The van der Waals surface area contributed by atoms with Gasteiger partial charge in [0, 0.05) is 15.8 Å². The van der Waals surface area contributed by atoms with E-state index in [1.54, 1.807) is 18.2 Å². The smallest absolute Gasteiger partial charge is 0.345 e. The van der Waals surface area contributed by atoms with Gasteiger partial charge < -0.3 is 10.4 Å². The van der Waals surface area contributed by atoms with E-state index in [-0.39, 0.29) is 5.91 Å². The molecule has 5 heteroatoms. The third-order valence-corrected chi connectivity index (χ3v) is 3.77. The Hall–Kier alpha value is -1.88. The van der Waals surface area contributed by atoms with Gasteiger partial charge >= 0.3 is 5.97 Å². The van der Waals surface area contributed by atoms with Crippen molar-refractivity contribution < 1.29 is 14.7 Å². The lowest BCUT2D eigenvalue weighted by atomic mass is 9.95. The van der Waals surface area contributed by atoms with Crippen molar-refractivity contribution in [2.45, 2.75) is 20.8 Å². The fourth-order valence-corrected chi connectivity index (χ4v) is 2.43. The number of nitrogens with one attached hydrogen (secondary N) is 1. The number of carbonyl (C=O) groups is 2. The Morgan fingerprint density at radius 2 is 1.89 bits per heavy atom. The number of carbonyl (C=O) groups excluding carboxylic acids is 1. The van der Waals surface area contributed by atoms with Gasteiger partial charge in [0.05, 0.1) is 0 Å². The van der Waals surface area contributed by atoms with E-state index in [1.807, 2.05) is 26.8 Å². The van der Waals surface area contributed by atoms with Crippen molar-refractivity contribution in [1.29, 1.82) is 0 Å². The second-order valence-corrected chi connectivity index (χ2v) is 6.46. The van der Waals surface area contributed by atoms with Crippen LogP contribution < -0.4 is 5.32 Å². The first-order valence-corrected chi connectivity index (χ1v) is 6.67. The number of fused-ring (bicyclic) bond motifs is 1. The first kappa shape index (κ1) is 13.5. The molecule has 1 aromatic heterocycles. The standard InChI is InChI=1S/C14H15NO3S/c1-14(2,3)13(18)15-9-4-5-10-8(6-9)7-11(19-10)12(16)17/h4-7H,1-3H3,(H,15,18)(H,16,17). The maximum Gasteiger partial charge on any atom is 0.345 e. The van der Waals surface area contributed by atoms with Gasteiger partial charge in [-0.15, -0.1) is 11.3 Å². The van der Waals surface area contributed by atoms with Crippen molar-refractivity contribution in [2.75, 3.05) is 5.32 Å². The quantitative estimate of drug-likeness (QED) is 0.881. The summed E-state index contributed by atoms with van der Waals surface area (Å²) in [6, 6.07) is 7.02. The lowest BCUT2D eigenvalue weighted by Gasteiger charge is -2.17. The summed E-state index contributed by atoms with van der Waals surface area (Å²) in [6.07, 6.45) is 0. The topological polar surface area (TPSA) is 66.4 Å². The summed E-state index contributed by atoms with van der Waals surface area (Å²) in [5.41, 5.74) is 0.220. The summed E-state index contributed by atoms with van der Waals surface area (Å²) in [5, 5.41) is 12.6. The van der Waals surface area contributed by atoms with Crippen LogP contribution in [0.4, 0.5) is 5.69 Å². The van der Waals surface area contributed by atoms with Gasteiger partial charge in [-0.2, -0.15) is 0 Å². The van der Waals surface area contributed by atoms with E-state index in [2.05, 4.69) is 5.32 Å². The molecular formula is C14H15NO3S. The molecular weight excluding hydrogens is 262 g/mol. The minimum Gasteiger partial charge on any atom is -0.477 e. The summed E-state index contributed by atoms with van der Waals surface area (Å²) < 4.78 is 0.895. The third kappa shape index (κ3) is 2.93. The van der Waals surface area contributed by atoms with E-state index in [0.29, 0.717) is 10.6 Å². The van der Waals surface area contributed by atoms with Crippen molar-refractivity contribution in [3.63, 3.8) is 0 Å². The zero-order valence-corrected chi connectivity index (χ0v) is 11.8. The predicted molar refractivity (Wildman–Crippen MR) is 76.9 cm³/mol. The number of carboxylic acid groups (broad SMARTS) is 1. The molecule has 1 aromatic carbocycles. The molecule has 0 aliphatic rings. The van der Waals surface area contributed by atoms with Gasteiger partial charge in [0.15, 0.2) is 0 Å². The summed E-state index contributed by atoms with van der Waals surface area (Å²) in [4.78, 5) is 23.1. The fraction of sp³-hybridized carbons (Fsp3) is 0.286. The van der Waals surface area contributed by atoms with E-state index >= 15 is 0 Å². The van der Waals surface area contributed by atoms with Gasteiger partial charge in [-0.1, -0.05) is 20.8 Å². The average Bonchev–Trinajstić information content (AvgIpc) is 2.70. The first-order valence-electron chi connectivity index (χ1n) is 5.86. The molecule has 2 aromatic rings. The van der Waals surface area contributed by atoms with Gasteiger partial charge in [-0.05, 0) is 29.7 Å². The van der Waals surface area contributed by atoms with Crippen LogP contribution >= 0.6 is 11.3 Å². The molecule has 1 heterocycles. The van der Waals surface area contributed by atoms with Crippen LogP contribution in [-0.4, -0.2) is 17.0 Å². The van der Waals surface area contributed by atoms with Crippen molar-refractivity contribution in [3.8, 4) is 0 Å². The lowest BCUT2D eigenvalue weighted by Crippen LogP contribution is -2.27. The highest BCUT2D eigenvalue weighted by Crippen LogP contribution is 2.28. The summed E-state index contributed by atoms with van der Waals surface area (Å²) in [6.45, 7) is 5.52. The number of anilines is 1. The molecule has 0 unspecified atom stereocenters. The minimum absolute atomic E-state index is 0.0689. The molecule has 0 spiro atoms. The molecule has 0 saturated heterocycles.